The molecule has 2 amide bonds. The molecule has 5 aromatic carbocycles. The fraction of sp³-hybridized carbons (Fsp3) is 0.357. The molecule has 3 radical (unpaired) electrons. The Labute approximate surface area is 841 Å². The van der Waals surface area contributed by atoms with Crippen molar-refractivity contribution in [1.29, 1.82) is 5.26 Å². The summed E-state index contributed by atoms with van der Waals surface area (Å²) in [6.45, 7) is 36.9. The van der Waals surface area contributed by atoms with Crippen LogP contribution in [-0.4, -0.2) is 153 Å². The Morgan fingerprint density at radius 3 is 1.26 bits per heavy atom. The number of nitrogens with zero attached hydrogens (tertiary/aromatic N) is 7. The predicted octanol–water partition coefficient (Wildman–Crippen LogP) is 14.2. The predicted molar refractivity (Wildman–Crippen MR) is 480 cm³/mol. The molecular formula is C84H83B4Br5Cl3F10MgN7NaO14. The van der Waals surface area contributed by atoms with Gasteiger partial charge in [-0.25, -0.2) is 54.5 Å². The van der Waals surface area contributed by atoms with Crippen LogP contribution in [0.2, 0.25) is 15.5 Å². The monoisotopic (exact) mass is 2190 g/mol. The molecule has 0 bridgehead atoms. The standard InChI is InChI=1S/C21H22BClF2N2O3.C15H10BrClF2N2O.C12H24B2O4.C9H7BrF2.C9H5BrF2.C7H6ClNO2.C6H2BrF2NO2.C2H4O2.C2H3.CN.B.BrH.Mg.Na/c1-20(2)21(3,4)30-22(29-20)14-11-15(24)18-13(17(14)25)7-9-27(18)16(28)10-12-6-5-8-26-19(12)23;16-10-7-11(18)14-9(13(10)19)3-5-21(14)12(22)6-8-2-1-4-20-15(8)17;1-9(2)10(3,4)16-13(15-9)14-17-11(5,6)12(7,8)18-14;2*10-7-4-8(11)5-2-1-3-6(5)9(7)12;8-7-5(4-6(10)11)2-1-3-9-7;7-3-1-5(9)6(10(11)12)2-4(3)8;1-2(3)4;2*1-2;;;;/h5-6,8,11H,7,9-10H2,1-4H3;1-2,4,7H,3,5-6H2;1-8H3;4H,1-3H2;1,3-4H,2H2;1-3H,4H2,(H,10,11);1-2H;1H3,(H,3,4);1H,2H2;;;1H;;/q;;;;;;;;2*-1;;;+2;+1/p-1. The van der Waals surface area contributed by atoms with Crippen LogP contribution in [0.4, 0.5) is 61.0 Å². The third-order valence-electron chi connectivity index (χ3n) is 21.0. The summed E-state index contributed by atoms with van der Waals surface area (Å²) in [6.07, 6.45) is 11.0. The Balaban J connectivity index is 0.000000514. The summed E-state index contributed by atoms with van der Waals surface area (Å²) in [5.41, 5.74) is 0.307. The van der Waals surface area contributed by atoms with E-state index in [1.165, 1.54) is 40.5 Å². The van der Waals surface area contributed by atoms with E-state index in [0.29, 0.717) is 70.3 Å². The smallest absolute Gasteiger partial charge is 1.00 e. The van der Waals surface area contributed by atoms with Crippen molar-refractivity contribution in [2.24, 2.45) is 0 Å². The molecule has 679 valence electrons. The second-order valence-electron chi connectivity index (χ2n) is 30.9. The van der Waals surface area contributed by atoms with Crippen molar-refractivity contribution in [3.8, 4) is 0 Å². The maximum absolute atomic E-state index is 15.3. The van der Waals surface area contributed by atoms with Crippen molar-refractivity contribution < 1.29 is 153 Å². The largest absolute Gasteiger partial charge is 2.00 e. The number of pyridine rings is 3. The fourth-order valence-electron chi connectivity index (χ4n) is 12.6. The summed E-state index contributed by atoms with van der Waals surface area (Å²) in [5.74, 6) is -8.07. The molecule has 3 saturated heterocycles. The molecule has 7 aliphatic rings. The van der Waals surface area contributed by atoms with Crippen molar-refractivity contribution in [3.63, 3.8) is 0 Å². The van der Waals surface area contributed by atoms with Crippen molar-refractivity contribution in [1.82, 2.24) is 15.0 Å². The van der Waals surface area contributed by atoms with E-state index in [4.69, 9.17) is 89.6 Å². The van der Waals surface area contributed by atoms with E-state index in [-0.39, 0.29) is 242 Å². The van der Waals surface area contributed by atoms with Crippen LogP contribution in [0.15, 0.2) is 122 Å². The summed E-state index contributed by atoms with van der Waals surface area (Å²) in [6, 6.07) is 15.7. The van der Waals surface area contributed by atoms with Gasteiger partial charge in [-0.3, -0.25) is 35.9 Å². The van der Waals surface area contributed by atoms with Crippen LogP contribution < -0.4 is 61.8 Å². The van der Waals surface area contributed by atoms with Crippen molar-refractivity contribution in [2.45, 2.75) is 181 Å². The first-order valence-corrected chi connectivity index (χ1v) is 42.0. The number of allylic oxidation sites excluding steroid dienone is 1. The number of carbonyl (C=O) groups excluding carboxylic acids is 2. The normalized spacial score (nSPS) is 15.9. The van der Waals surface area contributed by atoms with Gasteiger partial charge >= 0.3 is 85.4 Å². The topological polar surface area (TPSA) is 276 Å². The number of carboxylic acids is 2. The molecule has 129 heavy (non-hydrogen) atoms. The summed E-state index contributed by atoms with van der Waals surface area (Å²) in [7, 11) is -1.97. The van der Waals surface area contributed by atoms with E-state index in [2.05, 4.69) is 91.8 Å². The minimum Gasteiger partial charge on any atom is -1.00 e. The van der Waals surface area contributed by atoms with Crippen LogP contribution in [0.1, 0.15) is 147 Å². The molecule has 3 fully saturated rings. The van der Waals surface area contributed by atoms with E-state index >= 15 is 8.78 Å². The Hall–Kier alpha value is -5.84. The number of benzene rings is 5. The zero-order chi connectivity index (χ0) is 94.3. The maximum atomic E-state index is 15.3. The van der Waals surface area contributed by atoms with Gasteiger partial charge in [-0.2, -0.15) is 4.39 Å². The molecule has 21 nitrogen and oxygen atoms in total. The average Bonchev–Trinajstić information content (AvgIpc) is 1.60. The van der Waals surface area contributed by atoms with Crippen molar-refractivity contribution in [3.05, 3.63) is 269 Å². The van der Waals surface area contributed by atoms with E-state index < -0.39 is 89.8 Å². The average molecular weight is 2200 g/mol. The van der Waals surface area contributed by atoms with E-state index in [1.54, 1.807) is 48.6 Å². The molecule has 2 N–H and O–H groups in total. The summed E-state index contributed by atoms with van der Waals surface area (Å²) in [4.78, 5) is 67.7. The SMILES string of the molecule is CC(=O)O.CC1(C)OB(B2OC(C)(C)C(C)(C)O2)OC1(C)C.CC1(C)OB(c2cc(F)c3c(c2F)CCN3C(=O)Cc2cccnc2Cl)OC1(C)C.Fc1cc(Br)c(F)c2c1CC=C2.Fc1cc(Br)c(F)c2c1CCC2.O=C(Cc1cccnc1Cl)N1CCc2c(F)c(Br)cc(F)c21.O=C(O)Cc1cccnc1Cl.O=[N+]([O-])c1cc(F)c(Br)cc1F.[B].[Br-].[C-]#N.[CH-]=C.[Mg+2].[Na+]. The quantitative estimate of drug-likeness (QED) is 0.0258. The van der Waals surface area contributed by atoms with Crippen molar-refractivity contribution >= 4 is 203 Å². The first kappa shape index (κ1) is 119. The van der Waals surface area contributed by atoms with Gasteiger partial charge in [-0.05, 0) is 256 Å². The van der Waals surface area contributed by atoms with Gasteiger partial charge in [0.2, 0.25) is 17.6 Å². The van der Waals surface area contributed by atoms with Gasteiger partial charge in [0.25, 0.3) is 5.97 Å². The number of fused-ring (bicyclic) bond motifs is 4. The van der Waals surface area contributed by atoms with E-state index in [1.807, 2.05) is 83.1 Å². The number of amides is 2. The number of nitro groups is 1. The number of hydrogen-bond acceptors (Lipinski definition) is 16. The van der Waals surface area contributed by atoms with Crippen LogP contribution in [0.5, 0.6) is 0 Å². The van der Waals surface area contributed by atoms with Crippen LogP contribution >= 0.6 is 98.5 Å². The Morgan fingerprint density at radius 1 is 0.527 bits per heavy atom. The van der Waals surface area contributed by atoms with Crippen LogP contribution in [0.25, 0.3) is 6.08 Å². The second-order valence-corrected chi connectivity index (χ2v) is 35.4. The second kappa shape index (κ2) is 51.2. The first-order valence-electron chi connectivity index (χ1n) is 37.7. The van der Waals surface area contributed by atoms with Gasteiger partial charge in [0.15, 0.2) is 0 Å². The zero-order valence-corrected chi connectivity index (χ0v) is 85.7. The van der Waals surface area contributed by atoms with E-state index in [0.717, 1.165) is 25.5 Å². The number of anilines is 2. The number of nitro benzene ring substituents is 1. The number of halogens is 18. The zero-order valence-electron chi connectivity index (χ0n) is 72.1. The number of hydrogen-bond donors (Lipinski definition) is 2. The molecule has 0 saturated carbocycles. The number of carboxylic acid groups (broad SMARTS) is 2. The maximum Gasteiger partial charge on any atom is 2.00 e. The molecule has 2 aliphatic carbocycles. The van der Waals surface area contributed by atoms with Gasteiger partial charge in [0.1, 0.15) is 67.8 Å². The molecule has 45 heteroatoms. The first-order chi connectivity index (χ1) is 58.2. The number of carbonyl (C=O) groups is 4. The minimum atomic E-state index is -1.06. The summed E-state index contributed by atoms with van der Waals surface area (Å²) in [5, 5.41) is 32.8. The van der Waals surface area contributed by atoms with Gasteiger partial charge in [0, 0.05) is 80.3 Å². The van der Waals surface area contributed by atoms with Gasteiger partial charge in [0.05, 0.1) is 93.1 Å². The molecule has 0 spiro atoms. The fourth-order valence-corrected chi connectivity index (χ4v) is 14.8. The third kappa shape index (κ3) is 30.1. The number of aromatic nitrogens is 3. The molecule has 3 aromatic heterocycles. The molecule has 5 aliphatic heterocycles. The molecular weight excluding hydrogens is 2120 g/mol. The van der Waals surface area contributed by atoms with Crippen LogP contribution in [0, 0.1) is 86.7 Å². The van der Waals surface area contributed by atoms with Crippen LogP contribution in [-0.2, 0) is 98.5 Å². The van der Waals surface area contributed by atoms with E-state index in [9.17, 15) is 59.6 Å². The van der Waals surface area contributed by atoms with Gasteiger partial charge < -0.3 is 83.3 Å². The van der Waals surface area contributed by atoms with Gasteiger partial charge in [-0.1, -0.05) is 65.2 Å². The number of aliphatic carboxylic acids is 2. The summed E-state index contributed by atoms with van der Waals surface area (Å²) >= 11 is 29.2. The van der Waals surface area contributed by atoms with Crippen LogP contribution in [0.3, 0.4) is 0 Å². The molecule has 0 unspecified atom stereocenters. The molecule has 15 rings (SSSR count). The Morgan fingerprint density at radius 2 is 0.868 bits per heavy atom. The Bertz CT molecular complexity index is 5320. The van der Waals surface area contributed by atoms with Crippen molar-refractivity contribution in [2.75, 3.05) is 22.9 Å². The molecule has 8 heterocycles. The minimum absolute atomic E-state index is 0. The number of rotatable bonds is 9. The molecule has 8 aromatic rings. The Kier molecular flexibility index (Phi) is 47.3. The van der Waals surface area contributed by atoms with Gasteiger partial charge in [-0.15, -0.1) is 0 Å². The third-order valence-corrected chi connectivity index (χ3v) is 24.4. The molecule has 0 atom stereocenters. The summed E-state index contributed by atoms with van der Waals surface area (Å²) < 4.78 is 173.